The number of nitrogens with zero attached hydrogens (tertiary/aromatic N) is 3. The third kappa shape index (κ3) is 2.87. The molecular formula is C15H13N3O6S. The van der Waals surface area contributed by atoms with E-state index in [1.54, 1.807) is 38.0 Å². The van der Waals surface area contributed by atoms with Gasteiger partial charge in [-0.3, -0.25) is 14.9 Å². The normalized spacial score (nSPS) is 11.7. The molecule has 0 aliphatic rings. The monoisotopic (exact) mass is 363 g/mol. The maximum atomic E-state index is 12.2. The molecule has 0 saturated carbocycles. The van der Waals surface area contributed by atoms with Crippen LogP contribution in [0.2, 0.25) is 0 Å². The molecule has 2 heterocycles. The Hall–Kier alpha value is -3.14. The van der Waals surface area contributed by atoms with Gasteiger partial charge in [-0.25, -0.2) is 0 Å². The highest BCUT2D eigenvalue weighted by atomic mass is 32.1. The third-order valence-corrected chi connectivity index (χ3v) is 4.64. The maximum absolute atomic E-state index is 12.2. The van der Waals surface area contributed by atoms with Crippen LogP contribution in [0.25, 0.3) is 10.2 Å². The first-order valence-electron chi connectivity index (χ1n) is 7.00. The molecule has 3 rings (SSSR count). The van der Waals surface area contributed by atoms with Gasteiger partial charge < -0.3 is 18.5 Å². The van der Waals surface area contributed by atoms with Crippen molar-refractivity contribution in [3.05, 3.63) is 44.9 Å². The summed E-state index contributed by atoms with van der Waals surface area (Å²) < 4.78 is 18.0. The van der Waals surface area contributed by atoms with Gasteiger partial charge >= 0.3 is 11.8 Å². The lowest BCUT2D eigenvalue weighted by Gasteiger charge is -2.06. The Morgan fingerprint density at radius 1 is 1.24 bits per heavy atom. The molecule has 0 fully saturated rings. The second kappa shape index (κ2) is 6.40. The lowest BCUT2D eigenvalue weighted by Crippen LogP contribution is -2.13. The van der Waals surface area contributed by atoms with Gasteiger partial charge in [-0.05, 0) is 18.2 Å². The van der Waals surface area contributed by atoms with Crippen molar-refractivity contribution in [1.82, 2.24) is 4.57 Å². The molecule has 0 bridgehead atoms. The fourth-order valence-corrected chi connectivity index (χ4v) is 3.44. The van der Waals surface area contributed by atoms with Crippen molar-refractivity contribution in [3.63, 3.8) is 0 Å². The summed E-state index contributed by atoms with van der Waals surface area (Å²) in [6.45, 7) is 0. The first-order valence-corrected chi connectivity index (χ1v) is 7.81. The van der Waals surface area contributed by atoms with Gasteiger partial charge in [0.25, 0.3) is 0 Å². The minimum atomic E-state index is -0.716. The lowest BCUT2D eigenvalue weighted by molar-refractivity contribution is -0.402. The average molecular weight is 363 g/mol. The molecular weight excluding hydrogens is 350 g/mol. The molecule has 0 unspecified atom stereocenters. The Kier molecular flexibility index (Phi) is 4.28. The zero-order chi connectivity index (χ0) is 18.1. The molecule has 0 radical (unpaired) electrons. The second-order valence-corrected chi connectivity index (χ2v) is 5.88. The number of carbonyl (C=O) groups is 1. The van der Waals surface area contributed by atoms with Crippen LogP contribution in [0.15, 0.2) is 33.7 Å². The number of ether oxygens (including phenoxy) is 2. The van der Waals surface area contributed by atoms with Gasteiger partial charge in [0, 0.05) is 7.05 Å². The number of aryl methyl sites for hydroxylation is 1. The van der Waals surface area contributed by atoms with E-state index in [0.717, 1.165) is 16.3 Å². The molecule has 0 aliphatic heterocycles. The number of fused-ring (bicyclic) bond motifs is 1. The summed E-state index contributed by atoms with van der Waals surface area (Å²) in [5, 5.41) is 10.6. The smallest absolute Gasteiger partial charge is 0.433 e. The van der Waals surface area contributed by atoms with Crippen LogP contribution in [0.1, 0.15) is 10.6 Å². The number of hydrogen-bond acceptors (Lipinski definition) is 7. The van der Waals surface area contributed by atoms with Crippen LogP contribution in [0, 0.1) is 10.1 Å². The number of carbonyl (C=O) groups excluding carboxylic acids is 1. The van der Waals surface area contributed by atoms with Gasteiger partial charge in [0.2, 0.25) is 5.76 Å². The summed E-state index contributed by atoms with van der Waals surface area (Å²) in [5.41, 5.74) is 0.726. The van der Waals surface area contributed by atoms with Gasteiger partial charge in [-0.1, -0.05) is 11.3 Å². The standard InChI is InChI=1S/C15H13N3O6S/c1-17-12-8(22-2)4-5-9(23-3)13(12)25-15(17)16-14(19)10-6-7-11(24-10)18(20)21/h4-7H,1-3H3. The van der Waals surface area contributed by atoms with Gasteiger partial charge in [0.15, 0.2) is 4.80 Å². The average Bonchev–Trinajstić information content (AvgIpc) is 3.21. The molecule has 3 aromatic rings. The summed E-state index contributed by atoms with van der Waals surface area (Å²) in [7, 11) is 4.82. The molecule has 9 nitrogen and oxygen atoms in total. The van der Waals surface area contributed by atoms with E-state index in [0.29, 0.717) is 16.3 Å². The summed E-state index contributed by atoms with van der Waals surface area (Å²) in [5.74, 6) is -0.199. The minimum absolute atomic E-state index is 0.205. The number of aromatic nitrogens is 1. The van der Waals surface area contributed by atoms with Crippen LogP contribution < -0.4 is 14.3 Å². The Bertz CT molecular complexity index is 1050. The number of benzene rings is 1. The first-order chi connectivity index (χ1) is 12.0. The fourth-order valence-electron chi connectivity index (χ4n) is 2.31. The van der Waals surface area contributed by atoms with Crippen molar-refractivity contribution in [2.75, 3.05) is 14.2 Å². The van der Waals surface area contributed by atoms with E-state index in [1.807, 2.05) is 0 Å². The molecule has 0 saturated heterocycles. The summed E-state index contributed by atoms with van der Waals surface area (Å²) in [4.78, 5) is 26.5. The number of furan rings is 1. The quantitative estimate of drug-likeness (QED) is 0.520. The molecule has 2 aromatic heterocycles. The van der Waals surface area contributed by atoms with Crippen molar-refractivity contribution in [3.8, 4) is 11.5 Å². The highest BCUT2D eigenvalue weighted by Crippen LogP contribution is 2.34. The third-order valence-electron chi connectivity index (χ3n) is 3.49. The van der Waals surface area contributed by atoms with Crippen molar-refractivity contribution in [2.45, 2.75) is 0 Å². The summed E-state index contributed by atoms with van der Waals surface area (Å²) in [6.07, 6.45) is 0. The molecule has 25 heavy (non-hydrogen) atoms. The van der Waals surface area contributed by atoms with E-state index in [9.17, 15) is 14.9 Å². The topological polar surface area (TPSA) is 109 Å². The van der Waals surface area contributed by atoms with E-state index in [-0.39, 0.29) is 5.76 Å². The molecule has 1 amide bonds. The second-order valence-electron chi connectivity index (χ2n) is 4.90. The van der Waals surface area contributed by atoms with Crippen LogP contribution in [-0.2, 0) is 7.05 Å². The zero-order valence-corrected chi connectivity index (χ0v) is 14.3. The zero-order valence-electron chi connectivity index (χ0n) is 13.5. The number of thiazole rings is 1. The minimum Gasteiger partial charge on any atom is -0.495 e. The predicted octanol–water partition coefficient (Wildman–Crippen LogP) is 2.50. The molecule has 1 aromatic carbocycles. The van der Waals surface area contributed by atoms with Crippen LogP contribution in [0.3, 0.4) is 0 Å². The van der Waals surface area contributed by atoms with Crippen LogP contribution in [0.4, 0.5) is 5.88 Å². The summed E-state index contributed by atoms with van der Waals surface area (Å²) >= 11 is 1.24. The molecule has 0 atom stereocenters. The van der Waals surface area contributed by atoms with E-state index < -0.39 is 16.7 Å². The van der Waals surface area contributed by atoms with Gasteiger partial charge in [0.05, 0.1) is 20.3 Å². The van der Waals surface area contributed by atoms with Gasteiger partial charge in [-0.15, -0.1) is 0 Å². The lowest BCUT2D eigenvalue weighted by atomic mass is 10.3. The van der Waals surface area contributed by atoms with Crippen LogP contribution in [-0.4, -0.2) is 29.6 Å². The largest absolute Gasteiger partial charge is 0.495 e. The molecule has 0 spiro atoms. The van der Waals surface area contributed by atoms with E-state index in [4.69, 9.17) is 13.9 Å². The van der Waals surface area contributed by atoms with E-state index in [1.165, 1.54) is 17.4 Å². The SMILES string of the molecule is COc1ccc(OC)c2c1sc(=NC(=O)c1ccc([N+](=O)[O-])o1)n2C. The van der Waals surface area contributed by atoms with Crippen molar-refractivity contribution < 1.29 is 23.6 Å². The van der Waals surface area contributed by atoms with Gasteiger partial charge in [-0.2, -0.15) is 4.99 Å². The molecule has 130 valence electrons. The number of hydrogen-bond donors (Lipinski definition) is 0. The van der Waals surface area contributed by atoms with E-state index >= 15 is 0 Å². The van der Waals surface area contributed by atoms with Crippen molar-refractivity contribution in [2.24, 2.45) is 12.0 Å². The Balaban J connectivity index is 2.14. The molecule has 0 aliphatic carbocycles. The number of rotatable bonds is 4. The Morgan fingerprint density at radius 3 is 2.52 bits per heavy atom. The van der Waals surface area contributed by atoms with Gasteiger partial charge in [0.1, 0.15) is 26.6 Å². The number of amides is 1. The maximum Gasteiger partial charge on any atom is 0.433 e. The highest BCUT2D eigenvalue weighted by Gasteiger charge is 2.18. The molecule has 10 heteroatoms. The fraction of sp³-hybridized carbons (Fsp3) is 0.200. The number of nitro groups is 1. The van der Waals surface area contributed by atoms with Crippen LogP contribution in [0.5, 0.6) is 11.5 Å². The molecule has 0 N–H and O–H groups in total. The van der Waals surface area contributed by atoms with Crippen molar-refractivity contribution in [1.29, 1.82) is 0 Å². The first kappa shape index (κ1) is 16.7. The van der Waals surface area contributed by atoms with Crippen LogP contribution >= 0.6 is 11.3 Å². The Labute approximate surface area is 144 Å². The Morgan fingerprint density at radius 2 is 1.92 bits per heavy atom. The van der Waals surface area contributed by atoms with E-state index in [2.05, 4.69) is 4.99 Å². The highest BCUT2D eigenvalue weighted by molar-refractivity contribution is 7.16. The summed E-state index contributed by atoms with van der Waals surface area (Å²) in [6, 6.07) is 5.85. The number of methoxy groups -OCH3 is 2. The predicted molar refractivity (Wildman–Crippen MR) is 89.2 cm³/mol. The van der Waals surface area contributed by atoms with Crippen molar-refractivity contribution >= 4 is 33.3 Å².